The molecule has 1 aromatic heterocycles. The van der Waals surface area contributed by atoms with E-state index in [0.29, 0.717) is 12.0 Å². The standard InChI is InChI=1S/C17H23N3O2/c1-21-14-2-3-15-16(10-14)19-17(18-15)12-4-7-20(11-12)13-5-8-22-9-6-13/h2-3,10,12-13H,4-9,11H2,1H3,(H,18,19)/t12-/m0/s1. The van der Waals surface area contributed by atoms with E-state index in [0.717, 1.165) is 42.4 Å². The Morgan fingerprint density at radius 3 is 2.95 bits per heavy atom. The fraction of sp³-hybridized carbons (Fsp3) is 0.588. The highest BCUT2D eigenvalue weighted by Gasteiger charge is 2.31. The van der Waals surface area contributed by atoms with Crippen molar-refractivity contribution in [2.45, 2.75) is 31.2 Å². The number of ether oxygens (including phenoxy) is 2. The summed E-state index contributed by atoms with van der Waals surface area (Å²) in [6, 6.07) is 6.72. The smallest absolute Gasteiger partial charge is 0.121 e. The number of hydrogen-bond donors (Lipinski definition) is 1. The van der Waals surface area contributed by atoms with Crippen molar-refractivity contribution in [3.63, 3.8) is 0 Å². The molecule has 2 aromatic rings. The fourth-order valence-electron chi connectivity index (χ4n) is 3.72. The number of H-pyrrole nitrogens is 1. The lowest BCUT2D eigenvalue weighted by atomic mass is 10.1. The maximum atomic E-state index is 5.48. The van der Waals surface area contributed by atoms with Gasteiger partial charge in [0.05, 0.1) is 18.1 Å². The summed E-state index contributed by atoms with van der Waals surface area (Å²) in [5, 5.41) is 0. The minimum Gasteiger partial charge on any atom is -0.497 e. The van der Waals surface area contributed by atoms with Gasteiger partial charge in [-0.3, -0.25) is 4.90 Å². The molecule has 5 heteroatoms. The van der Waals surface area contributed by atoms with Crippen LogP contribution >= 0.6 is 0 Å². The molecule has 4 rings (SSSR count). The van der Waals surface area contributed by atoms with E-state index >= 15 is 0 Å². The molecule has 0 saturated carbocycles. The minimum absolute atomic E-state index is 0.515. The summed E-state index contributed by atoms with van der Waals surface area (Å²) in [6.07, 6.45) is 3.53. The molecule has 1 N–H and O–H groups in total. The third-order valence-electron chi connectivity index (χ3n) is 5.02. The van der Waals surface area contributed by atoms with Crippen LogP contribution in [-0.4, -0.2) is 54.3 Å². The van der Waals surface area contributed by atoms with Crippen LogP contribution in [0.25, 0.3) is 11.0 Å². The molecule has 22 heavy (non-hydrogen) atoms. The van der Waals surface area contributed by atoms with Gasteiger partial charge in [0.15, 0.2) is 0 Å². The zero-order valence-electron chi connectivity index (χ0n) is 13.0. The second kappa shape index (κ2) is 5.89. The van der Waals surface area contributed by atoms with Crippen LogP contribution in [0.3, 0.4) is 0 Å². The van der Waals surface area contributed by atoms with Crippen LogP contribution in [0.2, 0.25) is 0 Å². The van der Waals surface area contributed by atoms with Crippen LogP contribution in [0.15, 0.2) is 18.2 Å². The van der Waals surface area contributed by atoms with Crippen molar-refractivity contribution < 1.29 is 9.47 Å². The van der Waals surface area contributed by atoms with Crippen LogP contribution < -0.4 is 4.74 Å². The van der Waals surface area contributed by atoms with Crippen LogP contribution in [0.1, 0.15) is 31.0 Å². The number of nitrogens with zero attached hydrogens (tertiary/aromatic N) is 2. The topological polar surface area (TPSA) is 50.4 Å². The van der Waals surface area contributed by atoms with Gasteiger partial charge in [-0.2, -0.15) is 0 Å². The predicted molar refractivity (Wildman–Crippen MR) is 85.4 cm³/mol. The number of methoxy groups -OCH3 is 1. The van der Waals surface area contributed by atoms with Crippen LogP contribution in [0, 0.1) is 0 Å². The number of hydrogen-bond acceptors (Lipinski definition) is 4. The zero-order chi connectivity index (χ0) is 14.9. The third-order valence-corrected chi connectivity index (χ3v) is 5.02. The molecule has 2 aliphatic rings. The summed E-state index contributed by atoms with van der Waals surface area (Å²) in [5.41, 5.74) is 2.10. The average Bonchev–Trinajstić information content (AvgIpc) is 3.21. The van der Waals surface area contributed by atoms with Crippen molar-refractivity contribution >= 4 is 11.0 Å². The van der Waals surface area contributed by atoms with Crippen molar-refractivity contribution in [1.29, 1.82) is 0 Å². The van der Waals surface area contributed by atoms with E-state index in [2.05, 4.69) is 9.88 Å². The molecule has 0 radical (unpaired) electrons. The molecule has 3 heterocycles. The first-order valence-corrected chi connectivity index (χ1v) is 8.19. The first-order chi connectivity index (χ1) is 10.8. The summed E-state index contributed by atoms with van der Waals surface area (Å²) >= 11 is 0. The largest absolute Gasteiger partial charge is 0.497 e. The molecule has 1 aromatic carbocycles. The van der Waals surface area contributed by atoms with Gasteiger partial charge >= 0.3 is 0 Å². The monoisotopic (exact) mass is 301 g/mol. The van der Waals surface area contributed by atoms with E-state index in [4.69, 9.17) is 14.5 Å². The summed E-state index contributed by atoms with van der Waals surface area (Å²) in [4.78, 5) is 10.9. The second-order valence-electron chi connectivity index (χ2n) is 6.33. The molecule has 118 valence electrons. The van der Waals surface area contributed by atoms with E-state index in [9.17, 15) is 0 Å². The van der Waals surface area contributed by atoms with Gasteiger partial charge in [-0.15, -0.1) is 0 Å². The Bertz CT molecular complexity index is 648. The molecule has 0 bridgehead atoms. The molecule has 0 aliphatic carbocycles. The van der Waals surface area contributed by atoms with Crippen molar-refractivity contribution in [2.24, 2.45) is 0 Å². The quantitative estimate of drug-likeness (QED) is 0.946. The lowest BCUT2D eigenvalue weighted by molar-refractivity contribution is 0.0419. The molecule has 2 saturated heterocycles. The number of fused-ring (bicyclic) bond motifs is 1. The Kier molecular flexibility index (Phi) is 3.76. The van der Waals surface area contributed by atoms with Crippen molar-refractivity contribution in [2.75, 3.05) is 33.4 Å². The number of likely N-dealkylation sites (tertiary alicyclic amines) is 1. The van der Waals surface area contributed by atoms with E-state index in [1.165, 1.54) is 25.8 Å². The fourth-order valence-corrected chi connectivity index (χ4v) is 3.72. The highest BCUT2D eigenvalue weighted by atomic mass is 16.5. The minimum atomic E-state index is 0.515. The van der Waals surface area contributed by atoms with E-state index in [1.54, 1.807) is 7.11 Å². The average molecular weight is 301 g/mol. The van der Waals surface area contributed by atoms with Gasteiger partial charge in [0.25, 0.3) is 0 Å². The highest BCUT2D eigenvalue weighted by molar-refractivity contribution is 5.76. The van der Waals surface area contributed by atoms with Crippen LogP contribution in [0.4, 0.5) is 0 Å². The highest BCUT2D eigenvalue weighted by Crippen LogP contribution is 2.31. The Morgan fingerprint density at radius 2 is 2.14 bits per heavy atom. The maximum Gasteiger partial charge on any atom is 0.121 e. The molecule has 0 unspecified atom stereocenters. The van der Waals surface area contributed by atoms with Gasteiger partial charge in [-0.1, -0.05) is 0 Å². The third kappa shape index (κ3) is 2.59. The number of rotatable bonds is 3. The lowest BCUT2D eigenvalue weighted by Crippen LogP contribution is -2.37. The summed E-state index contributed by atoms with van der Waals surface area (Å²) < 4.78 is 10.8. The van der Waals surface area contributed by atoms with E-state index < -0.39 is 0 Å². The molecular weight excluding hydrogens is 278 g/mol. The zero-order valence-corrected chi connectivity index (χ0v) is 13.0. The Balaban J connectivity index is 1.50. The molecule has 2 fully saturated rings. The number of benzene rings is 1. The first-order valence-electron chi connectivity index (χ1n) is 8.19. The number of aromatic amines is 1. The molecule has 1 atom stereocenters. The van der Waals surface area contributed by atoms with E-state index in [1.807, 2.05) is 18.2 Å². The van der Waals surface area contributed by atoms with Crippen LogP contribution in [-0.2, 0) is 4.74 Å². The van der Waals surface area contributed by atoms with Crippen molar-refractivity contribution in [1.82, 2.24) is 14.9 Å². The normalized spacial score (nSPS) is 24.1. The van der Waals surface area contributed by atoms with E-state index in [-0.39, 0.29) is 0 Å². The Labute approximate surface area is 130 Å². The SMILES string of the molecule is COc1ccc2nc([C@H]3CCN(C4CCOCC4)C3)[nH]c2c1. The van der Waals surface area contributed by atoms with Crippen molar-refractivity contribution in [3.8, 4) is 5.75 Å². The molecule has 2 aliphatic heterocycles. The number of aromatic nitrogens is 2. The van der Waals surface area contributed by atoms with Gasteiger partial charge < -0.3 is 14.5 Å². The van der Waals surface area contributed by atoms with Gasteiger partial charge in [-0.05, 0) is 37.9 Å². The van der Waals surface area contributed by atoms with Gasteiger partial charge in [0.1, 0.15) is 11.6 Å². The molecule has 0 amide bonds. The van der Waals surface area contributed by atoms with Crippen LogP contribution in [0.5, 0.6) is 5.75 Å². The molecule has 0 spiro atoms. The second-order valence-corrected chi connectivity index (χ2v) is 6.33. The van der Waals surface area contributed by atoms with Gasteiger partial charge in [0.2, 0.25) is 0 Å². The van der Waals surface area contributed by atoms with Crippen molar-refractivity contribution in [3.05, 3.63) is 24.0 Å². The predicted octanol–water partition coefficient (Wildman–Crippen LogP) is 2.54. The summed E-state index contributed by atoms with van der Waals surface area (Å²) in [7, 11) is 1.70. The Morgan fingerprint density at radius 1 is 1.27 bits per heavy atom. The first kappa shape index (κ1) is 14.0. The lowest BCUT2D eigenvalue weighted by Gasteiger charge is -2.30. The number of imidazole rings is 1. The Hall–Kier alpha value is -1.59. The molecule has 5 nitrogen and oxygen atoms in total. The van der Waals surface area contributed by atoms with Gasteiger partial charge in [0, 0.05) is 37.8 Å². The summed E-state index contributed by atoms with van der Waals surface area (Å²) in [6.45, 7) is 4.11. The van der Waals surface area contributed by atoms with Gasteiger partial charge in [-0.25, -0.2) is 4.98 Å². The number of nitrogens with one attached hydrogen (secondary N) is 1. The maximum absolute atomic E-state index is 5.48. The molecular formula is C17H23N3O2. The summed E-state index contributed by atoms with van der Waals surface area (Å²) in [5.74, 6) is 2.51.